The van der Waals surface area contributed by atoms with Crippen LogP contribution in [0, 0.1) is 5.92 Å². The quantitative estimate of drug-likeness (QED) is 0.603. The van der Waals surface area contributed by atoms with E-state index >= 15 is 0 Å². The Bertz CT molecular complexity index is 252. The highest BCUT2D eigenvalue weighted by Crippen LogP contribution is 2.04. The summed E-state index contributed by atoms with van der Waals surface area (Å²) in [5.41, 5.74) is 0. The van der Waals surface area contributed by atoms with Crippen molar-refractivity contribution in [2.24, 2.45) is 11.1 Å². The van der Waals surface area contributed by atoms with E-state index in [0.717, 1.165) is 13.0 Å². The van der Waals surface area contributed by atoms with E-state index in [1.54, 1.807) is 0 Å². The summed E-state index contributed by atoms with van der Waals surface area (Å²) in [4.78, 5) is 0. The zero-order chi connectivity index (χ0) is 12.4. The molecule has 98 valence electrons. The first kappa shape index (κ1) is 15.9. The van der Waals surface area contributed by atoms with E-state index in [0.29, 0.717) is 6.61 Å². The minimum atomic E-state index is -3.36. The molecule has 0 saturated carbocycles. The van der Waals surface area contributed by atoms with Gasteiger partial charge < -0.3 is 4.74 Å². The second kappa shape index (κ2) is 8.96. The van der Waals surface area contributed by atoms with Crippen molar-refractivity contribution in [2.75, 3.05) is 19.0 Å². The van der Waals surface area contributed by atoms with Gasteiger partial charge in [-0.05, 0) is 12.3 Å². The minimum absolute atomic E-state index is 0.00281. The zero-order valence-corrected chi connectivity index (χ0v) is 11.3. The van der Waals surface area contributed by atoms with Crippen molar-refractivity contribution in [3.8, 4) is 0 Å². The number of ether oxygens (including phenoxy) is 1. The molecule has 0 saturated heterocycles. The monoisotopic (exact) mass is 251 g/mol. The first-order valence-corrected chi connectivity index (χ1v) is 7.75. The van der Waals surface area contributed by atoms with E-state index in [-0.39, 0.29) is 11.7 Å². The lowest BCUT2D eigenvalue weighted by Crippen LogP contribution is -2.24. The van der Waals surface area contributed by atoms with Crippen LogP contribution in [0.5, 0.6) is 0 Å². The highest BCUT2D eigenvalue weighted by atomic mass is 32.2. The summed E-state index contributed by atoms with van der Waals surface area (Å²) >= 11 is 0. The molecule has 0 radical (unpaired) electrons. The molecule has 0 aliphatic heterocycles. The third-order valence-corrected chi connectivity index (χ3v) is 3.35. The molecule has 0 aromatic heterocycles. The molecule has 0 bridgehead atoms. The van der Waals surface area contributed by atoms with Gasteiger partial charge in [0.25, 0.3) is 0 Å². The lowest BCUT2D eigenvalue weighted by Gasteiger charge is -2.10. The van der Waals surface area contributed by atoms with Crippen molar-refractivity contribution in [1.29, 1.82) is 0 Å². The Hall–Kier alpha value is -0.130. The first-order valence-electron chi connectivity index (χ1n) is 6.04. The number of primary sulfonamides is 1. The molecule has 0 spiro atoms. The number of hydrogen-bond acceptors (Lipinski definition) is 3. The Kier molecular flexibility index (Phi) is 8.89. The van der Waals surface area contributed by atoms with E-state index < -0.39 is 10.0 Å². The van der Waals surface area contributed by atoms with Crippen LogP contribution in [0.2, 0.25) is 0 Å². The molecule has 0 aromatic carbocycles. The summed E-state index contributed by atoms with van der Waals surface area (Å²) in [6.45, 7) is 5.22. The zero-order valence-electron chi connectivity index (χ0n) is 10.4. The van der Waals surface area contributed by atoms with Gasteiger partial charge in [-0.1, -0.05) is 39.5 Å². The summed E-state index contributed by atoms with van der Waals surface area (Å²) in [5, 5.41) is 4.94. The molecule has 0 heterocycles. The molecule has 0 aromatic rings. The molecule has 0 amide bonds. The highest BCUT2D eigenvalue weighted by Gasteiger charge is 2.10. The van der Waals surface area contributed by atoms with Crippen LogP contribution >= 0.6 is 0 Å². The van der Waals surface area contributed by atoms with E-state index in [1.807, 2.05) is 6.92 Å². The second-order valence-electron chi connectivity index (χ2n) is 4.42. The van der Waals surface area contributed by atoms with Gasteiger partial charge in [0.1, 0.15) is 0 Å². The number of unbranched alkanes of at least 4 members (excludes halogenated alkanes) is 4. The minimum Gasteiger partial charge on any atom is -0.381 e. The Morgan fingerprint density at radius 3 is 2.38 bits per heavy atom. The number of hydrogen-bond donors (Lipinski definition) is 1. The van der Waals surface area contributed by atoms with Crippen molar-refractivity contribution >= 4 is 10.0 Å². The van der Waals surface area contributed by atoms with Gasteiger partial charge in [-0.15, -0.1) is 0 Å². The largest absolute Gasteiger partial charge is 0.381 e. The predicted molar refractivity (Wildman–Crippen MR) is 66.7 cm³/mol. The van der Waals surface area contributed by atoms with E-state index in [9.17, 15) is 8.42 Å². The third kappa shape index (κ3) is 11.9. The van der Waals surface area contributed by atoms with E-state index in [1.165, 1.54) is 25.7 Å². The molecule has 1 atom stereocenters. The van der Waals surface area contributed by atoms with Gasteiger partial charge in [-0.25, -0.2) is 13.6 Å². The third-order valence-electron chi connectivity index (χ3n) is 2.31. The molecular formula is C11H25NO3S. The maximum atomic E-state index is 10.8. The fraction of sp³-hybridized carbons (Fsp3) is 1.00. The molecule has 0 fully saturated rings. The number of sulfonamides is 1. The fourth-order valence-corrected chi connectivity index (χ4v) is 2.43. The van der Waals surface area contributed by atoms with Crippen molar-refractivity contribution in [1.82, 2.24) is 0 Å². The van der Waals surface area contributed by atoms with Crippen molar-refractivity contribution in [3.05, 3.63) is 0 Å². The average molecular weight is 251 g/mol. The van der Waals surface area contributed by atoms with Crippen LogP contribution in [-0.2, 0) is 14.8 Å². The topological polar surface area (TPSA) is 69.4 Å². The van der Waals surface area contributed by atoms with Crippen LogP contribution in [0.3, 0.4) is 0 Å². The number of nitrogens with two attached hydrogens (primary N) is 1. The van der Waals surface area contributed by atoms with Crippen LogP contribution in [0.25, 0.3) is 0 Å². The van der Waals surface area contributed by atoms with Crippen LogP contribution < -0.4 is 5.14 Å². The van der Waals surface area contributed by atoms with Crippen molar-refractivity contribution in [2.45, 2.75) is 46.0 Å². The van der Waals surface area contributed by atoms with Gasteiger partial charge in [0.05, 0.1) is 12.4 Å². The van der Waals surface area contributed by atoms with Gasteiger partial charge >= 0.3 is 0 Å². The fourth-order valence-electron chi connectivity index (χ4n) is 1.54. The van der Waals surface area contributed by atoms with Crippen molar-refractivity contribution < 1.29 is 13.2 Å². The van der Waals surface area contributed by atoms with E-state index in [4.69, 9.17) is 9.88 Å². The predicted octanol–water partition coefficient (Wildman–Crippen LogP) is 1.90. The molecule has 0 aliphatic carbocycles. The van der Waals surface area contributed by atoms with Crippen LogP contribution in [0.15, 0.2) is 0 Å². The smallest absolute Gasteiger partial charge is 0.209 e. The normalized spacial score (nSPS) is 13.9. The molecule has 0 rings (SSSR count). The Morgan fingerprint density at radius 1 is 1.19 bits per heavy atom. The van der Waals surface area contributed by atoms with Crippen LogP contribution in [0.1, 0.15) is 46.0 Å². The van der Waals surface area contributed by atoms with Crippen LogP contribution in [0.4, 0.5) is 0 Å². The summed E-state index contributed by atoms with van der Waals surface area (Å²) < 4.78 is 26.9. The SMILES string of the molecule is CCCCCCCOCC(C)CS(N)(=O)=O. The maximum absolute atomic E-state index is 10.8. The van der Waals surface area contributed by atoms with Gasteiger partial charge in [-0.2, -0.15) is 0 Å². The average Bonchev–Trinajstić information content (AvgIpc) is 2.13. The molecule has 5 heteroatoms. The van der Waals surface area contributed by atoms with Gasteiger partial charge in [0, 0.05) is 6.61 Å². The Labute approximate surface area is 99.6 Å². The molecular weight excluding hydrogens is 226 g/mol. The molecule has 16 heavy (non-hydrogen) atoms. The summed E-state index contributed by atoms with van der Waals surface area (Å²) in [6.07, 6.45) is 6.03. The van der Waals surface area contributed by atoms with Gasteiger partial charge in [0.15, 0.2) is 0 Å². The second-order valence-corrected chi connectivity index (χ2v) is 6.08. The standard InChI is InChI=1S/C11H25NO3S/c1-3-4-5-6-7-8-15-9-11(2)10-16(12,13)14/h11H,3-10H2,1-2H3,(H2,12,13,14). The molecule has 1 unspecified atom stereocenters. The maximum Gasteiger partial charge on any atom is 0.209 e. The molecule has 2 N–H and O–H groups in total. The van der Waals surface area contributed by atoms with Crippen LogP contribution in [-0.4, -0.2) is 27.4 Å². The lowest BCUT2D eigenvalue weighted by atomic mass is 10.2. The van der Waals surface area contributed by atoms with Crippen molar-refractivity contribution in [3.63, 3.8) is 0 Å². The number of rotatable bonds is 10. The Morgan fingerprint density at radius 2 is 1.81 bits per heavy atom. The summed E-state index contributed by atoms with van der Waals surface area (Å²) in [7, 11) is -3.36. The first-order chi connectivity index (χ1) is 7.45. The van der Waals surface area contributed by atoms with Gasteiger partial charge in [-0.3, -0.25) is 0 Å². The summed E-state index contributed by atoms with van der Waals surface area (Å²) in [6, 6.07) is 0. The summed E-state index contributed by atoms with van der Waals surface area (Å²) in [5.74, 6) is -0.0197. The Balaban J connectivity index is 3.31. The molecule has 0 aliphatic rings. The molecule has 4 nitrogen and oxygen atoms in total. The lowest BCUT2D eigenvalue weighted by molar-refractivity contribution is 0.107. The van der Waals surface area contributed by atoms with Gasteiger partial charge in [0.2, 0.25) is 10.0 Å². The van der Waals surface area contributed by atoms with E-state index in [2.05, 4.69) is 6.92 Å². The highest BCUT2D eigenvalue weighted by molar-refractivity contribution is 7.89.